The number of aromatic nitrogens is 1. The maximum Gasteiger partial charge on any atom is 0.0737 e. The van der Waals surface area contributed by atoms with E-state index in [0.717, 1.165) is 17.6 Å². The molecule has 0 fully saturated rings. The van der Waals surface area contributed by atoms with E-state index in [1.807, 2.05) is 0 Å². The second-order valence-corrected chi connectivity index (χ2v) is 5.58. The second kappa shape index (κ2) is 4.69. The van der Waals surface area contributed by atoms with Crippen molar-refractivity contribution in [2.24, 2.45) is 5.73 Å². The number of rotatable bonds is 3. The van der Waals surface area contributed by atoms with E-state index in [0.29, 0.717) is 6.54 Å². The van der Waals surface area contributed by atoms with Crippen molar-refractivity contribution in [1.82, 2.24) is 4.98 Å². The van der Waals surface area contributed by atoms with Crippen LogP contribution in [0.4, 0.5) is 0 Å². The van der Waals surface area contributed by atoms with Gasteiger partial charge < -0.3 is 5.73 Å². The highest BCUT2D eigenvalue weighted by Gasteiger charge is 2.23. The van der Waals surface area contributed by atoms with Crippen LogP contribution in [0.5, 0.6) is 0 Å². The normalized spacial score (nSPS) is 12.1. The average Bonchev–Trinajstić information content (AvgIpc) is 2.36. The number of benzene rings is 1. The molecule has 18 heavy (non-hydrogen) atoms. The van der Waals surface area contributed by atoms with Crippen molar-refractivity contribution in [1.29, 1.82) is 0 Å². The highest BCUT2D eigenvalue weighted by molar-refractivity contribution is 5.83. The average molecular weight is 242 g/mol. The van der Waals surface area contributed by atoms with Gasteiger partial charge in [-0.25, -0.2) is 0 Å². The number of para-hydroxylation sites is 1. The standard InChI is InChI=1S/C16H22N2/c1-5-12-7-6-8-13-9-11(2)15(18-14(12)13)16(3,4)10-17/h6-9H,5,10,17H2,1-4H3. The minimum atomic E-state index is -0.0703. The first-order valence-electron chi connectivity index (χ1n) is 6.59. The Kier molecular flexibility index (Phi) is 3.40. The molecule has 0 spiro atoms. The molecule has 2 aromatic rings. The molecule has 0 bridgehead atoms. The van der Waals surface area contributed by atoms with Gasteiger partial charge in [0.05, 0.1) is 11.2 Å². The van der Waals surface area contributed by atoms with Crippen LogP contribution in [0.2, 0.25) is 0 Å². The smallest absolute Gasteiger partial charge is 0.0737 e. The summed E-state index contributed by atoms with van der Waals surface area (Å²) in [6.07, 6.45) is 1.01. The number of pyridine rings is 1. The van der Waals surface area contributed by atoms with Gasteiger partial charge in [0.1, 0.15) is 0 Å². The largest absolute Gasteiger partial charge is 0.330 e. The monoisotopic (exact) mass is 242 g/mol. The molecular weight excluding hydrogens is 220 g/mol. The van der Waals surface area contributed by atoms with Crippen LogP contribution >= 0.6 is 0 Å². The fourth-order valence-corrected chi connectivity index (χ4v) is 2.43. The lowest BCUT2D eigenvalue weighted by Crippen LogP contribution is -2.30. The minimum absolute atomic E-state index is 0.0703. The van der Waals surface area contributed by atoms with E-state index in [9.17, 15) is 0 Å². The first kappa shape index (κ1) is 13.0. The van der Waals surface area contributed by atoms with Crippen molar-refractivity contribution in [2.75, 3.05) is 6.54 Å². The molecule has 1 aromatic carbocycles. The van der Waals surface area contributed by atoms with Gasteiger partial charge in [0.2, 0.25) is 0 Å². The zero-order valence-corrected chi connectivity index (χ0v) is 11.7. The number of fused-ring (bicyclic) bond motifs is 1. The van der Waals surface area contributed by atoms with Crippen molar-refractivity contribution in [2.45, 2.75) is 39.5 Å². The Morgan fingerprint density at radius 2 is 2.00 bits per heavy atom. The Morgan fingerprint density at radius 1 is 1.28 bits per heavy atom. The fraction of sp³-hybridized carbons (Fsp3) is 0.438. The molecule has 0 aliphatic rings. The van der Waals surface area contributed by atoms with E-state index < -0.39 is 0 Å². The third-order valence-corrected chi connectivity index (χ3v) is 3.65. The molecule has 2 N–H and O–H groups in total. The second-order valence-electron chi connectivity index (χ2n) is 5.58. The van der Waals surface area contributed by atoms with Gasteiger partial charge in [-0.2, -0.15) is 0 Å². The summed E-state index contributed by atoms with van der Waals surface area (Å²) >= 11 is 0. The number of aryl methyl sites for hydroxylation is 2. The van der Waals surface area contributed by atoms with Crippen molar-refractivity contribution >= 4 is 10.9 Å². The number of nitrogens with two attached hydrogens (primary N) is 1. The zero-order valence-electron chi connectivity index (χ0n) is 11.7. The summed E-state index contributed by atoms with van der Waals surface area (Å²) in [5, 5.41) is 1.23. The van der Waals surface area contributed by atoms with E-state index in [1.54, 1.807) is 0 Å². The molecule has 1 heterocycles. The fourth-order valence-electron chi connectivity index (χ4n) is 2.43. The molecular formula is C16H22N2. The van der Waals surface area contributed by atoms with E-state index >= 15 is 0 Å². The predicted molar refractivity (Wildman–Crippen MR) is 77.9 cm³/mol. The molecule has 2 nitrogen and oxygen atoms in total. The predicted octanol–water partition coefficient (Wildman–Crippen LogP) is 3.34. The molecule has 1 aromatic heterocycles. The third kappa shape index (κ3) is 2.13. The third-order valence-electron chi connectivity index (χ3n) is 3.65. The summed E-state index contributed by atoms with van der Waals surface area (Å²) in [6, 6.07) is 8.63. The topological polar surface area (TPSA) is 38.9 Å². The molecule has 0 amide bonds. The van der Waals surface area contributed by atoms with Crippen molar-refractivity contribution in [3.8, 4) is 0 Å². The van der Waals surface area contributed by atoms with Crippen molar-refractivity contribution in [3.05, 3.63) is 41.1 Å². The number of nitrogens with zero attached hydrogens (tertiary/aromatic N) is 1. The molecule has 2 heteroatoms. The van der Waals surface area contributed by atoms with Crippen LogP contribution < -0.4 is 5.73 Å². The summed E-state index contributed by atoms with van der Waals surface area (Å²) < 4.78 is 0. The van der Waals surface area contributed by atoms with E-state index in [2.05, 4.69) is 52.0 Å². The van der Waals surface area contributed by atoms with Crippen LogP contribution in [0, 0.1) is 6.92 Å². The SMILES string of the molecule is CCc1cccc2cc(C)c(C(C)(C)CN)nc12. The Labute approximate surface area is 109 Å². The van der Waals surface area contributed by atoms with Gasteiger partial charge in [0, 0.05) is 17.3 Å². The highest BCUT2D eigenvalue weighted by Crippen LogP contribution is 2.27. The summed E-state index contributed by atoms with van der Waals surface area (Å²) in [6.45, 7) is 9.22. The van der Waals surface area contributed by atoms with Crippen LogP contribution in [0.3, 0.4) is 0 Å². The van der Waals surface area contributed by atoms with Crippen LogP contribution in [0.25, 0.3) is 10.9 Å². The van der Waals surface area contributed by atoms with Crippen molar-refractivity contribution in [3.63, 3.8) is 0 Å². The summed E-state index contributed by atoms with van der Waals surface area (Å²) in [5.74, 6) is 0. The van der Waals surface area contributed by atoms with E-state index in [4.69, 9.17) is 10.7 Å². The van der Waals surface area contributed by atoms with Crippen LogP contribution in [-0.2, 0) is 11.8 Å². The molecule has 0 saturated heterocycles. The molecule has 0 aliphatic heterocycles. The lowest BCUT2D eigenvalue weighted by atomic mass is 9.86. The van der Waals surface area contributed by atoms with Gasteiger partial charge in [-0.3, -0.25) is 4.98 Å². The van der Waals surface area contributed by atoms with Gasteiger partial charge in [0.25, 0.3) is 0 Å². The van der Waals surface area contributed by atoms with Gasteiger partial charge in [-0.1, -0.05) is 39.0 Å². The van der Waals surface area contributed by atoms with E-state index in [1.165, 1.54) is 16.5 Å². The highest BCUT2D eigenvalue weighted by atomic mass is 14.8. The first-order chi connectivity index (χ1) is 8.49. The van der Waals surface area contributed by atoms with Crippen LogP contribution in [0.15, 0.2) is 24.3 Å². The Balaban J connectivity index is 2.74. The maximum atomic E-state index is 5.88. The van der Waals surface area contributed by atoms with E-state index in [-0.39, 0.29) is 5.41 Å². The minimum Gasteiger partial charge on any atom is -0.330 e. The molecule has 0 aliphatic carbocycles. The Morgan fingerprint density at radius 3 is 2.61 bits per heavy atom. The summed E-state index contributed by atoms with van der Waals surface area (Å²) in [4.78, 5) is 4.91. The number of hydrogen-bond acceptors (Lipinski definition) is 2. The summed E-state index contributed by atoms with van der Waals surface area (Å²) in [5.41, 5.74) is 10.6. The molecule has 0 unspecified atom stereocenters. The van der Waals surface area contributed by atoms with Crippen LogP contribution in [0.1, 0.15) is 37.6 Å². The Hall–Kier alpha value is -1.41. The first-order valence-corrected chi connectivity index (χ1v) is 6.59. The van der Waals surface area contributed by atoms with Gasteiger partial charge >= 0.3 is 0 Å². The zero-order chi connectivity index (χ0) is 13.3. The van der Waals surface area contributed by atoms with Gasteiger partial charge in [0.15, 0.2) is 0 Å². The maximum absolute atomic E-state index is 5.88. The van der Waals surface area contributed by atoms with Crippen LogP contribution in [-0.4, -0.2) is 11.5 Å². The summed E-state index contributed by atoms with van der Waals surface area (Å²) in [7, 11) is 0. The Bertz CT molecular complexity index is 571. The number of hydrogen-bond donors (Lipinski definition) is 1. The molecule has 0 atom stereocenters. The van der Waals surface area contributed by atoms with Crippen molar-refractivity contribution < 1.29 is 0 Å². The molecule has 96 valence electrons. The molecule has 0 radical (unpaired) electrons. The molecule has 2 rings (SSSR count). The lowest BCUT2D eigenvalue weighted by molar-refractivity contribution is 0.520. The van der Waals surface area contributed by atoms with Gasteiger partial charge in [-0.15, -0.1) is 0 Å². The quantitative estimate of drug-likeness (QED) is 0.896. The molecule has 0 saturated carbocycles. The van der Waals surface area contributed by atoms with Gasteiger partial charge in [-0.05, 0) is 30.5 Å². The lowest BCUT2D eigenvalue weighted by Gasteiger charge is -2.24.